The molecule has 0 aliphatic rings. The molecular weight excluding hydrogens is 214 g/mol. The van der Waals surface area contributed by atoms with E-state index in [-0.39, 0.29) is 5.91 Å². The van der Waals surface area contributed by atoms with E-state index in [9.17, 15) is 4.79 Å². The molecule has 1 heterocycles. The molecule has 0 radical (unpaired) electrons. The molecule has 90 valence electrons. The number of carbonyl (C=O) groups is 1. The quantitative estimate of drug-likeness (QED) is 0.464. The zero-order valence-corrected chi connectivity index (χ0v) is 9.97. The average Bonchev–Trinajstić information content (AvgIpc) is 2.38. The fourth-order valence-electron chi connectivity index (χ4n) is 1.19. The van der Waals surface area contributed by atoms with Crippen LogP contribution < -0.4 is 5.43 Å². The Labute approximate surface area is 101 Å². The van der Waals surface area contributed by atoms with Crippen molar-refractivity contribution in [1.29, 1.82) is 0 Å². The van der Waals surface area contributed by atoms with Crippen molar-refractivity contribution in [3.8, 4) is 0 Å². The van der Waals surface area contributed by atoms with Gasteiger partial charge in [0.25, 0.3) is 5.91 Å². The lowest BCUT2D eigenvalue weighted by atomic mass is 10.2. The Kier molecular flexibility index (Phi) is 6.33. The molecule has 0 aromatic carbocycles. The van der Waals surface area contributed by atoms with Gasteiger partial charge in [-0.2, -0.15) is 5.10 Å². The summed E-state index contributed by atoms with van der Waals surface area (Å²) in [5, 5.41) is 3.81. The molecule has 1 amide bonds. The Balaban J connectivity index is 2.29. The summed E-state index contributed by atoms with van der Waals surface area (Å²) in [5.74, 6) is -0.231. The SMILES string of the molecule is CCCC/C=C/C=N/NC(=O)c1ccncc1. The number of allylic oxidation sites excluding steroid dienone is 2. The van der Waals surface area contributed by atoms with Gasteiger partial charge in [-0.15, -0.1) is 0 Å². The molecule has 0 aliphatic carbocycles. The number of nitrogens with zero attached hydrogens (tertiary/aromatic N) is 2. The average molecular weight is 231 g/mol. The van der Waals surface area contributed by atoms with Crippen LogP contribution in [0.1, 0.15) is 36.5 Å². The van der Waals surface area contributed by atoms with Crippen LogP contribution >= 0.6 is 0 Å². The lowest BCUT2D eigenvalue weighted by Crippen LogP contribution is -2.17. The Morgan fingerprint density at radius 2 is 2.24 bits per heavy atom. The van der Waals surface area contributed by atoms with Crippen molar-refractivity contribution in [2.75, 3.05) is 0 Å². The van der Waals surface area contributed by atoms with Crippen molar-refractivity contribution in [2.24, 2.45) is 5.10 Å². The third kappa shape index (κ3) is 5.61. The molecule has 1 N–H and O–H groups in total. The number of hydrazone groups is 1. The maximum atomic E-state index is 11.5. The maximum absolute atomic E-state index is 11.5. The highest BCUT2D eigenvalue weighted by Gasteiger charge is 2.00. The van der Waals surface area contributed by atoms with Crippen molar-refractivity contribution in [3.05, 3.63) is 42.2 Å². The lowest BCUT2D eigenvalue weighted by molar-refractivity contribution is 0.0955. The molecule has 1 aromatic heterocycles. The van der Waals surface area contributed by atoms with Crippen molar-refractivity contribution >= 4 is 12.1 Å². The highest BCUT2D eigenvalue weighted by molar-refractivity contribution is 5.94. The Morgan fingerprint density at radius 1 is 1.47 bits per heavy atom. The van der Waals surface area contributed by atoms with Crippen molar-refractivity contribution in [3.63, 3.8) is 0 Å². The fraction of sp³-hybridized carbons (Fsp3) is 0.308. The molecular formula is C13H17N3O. The van der Waals surface area contributed by atoms with E-state index < -0.39 is 0 Å². The number of carbonyl (C=O) groups excluding carboxylic acids is 1. The van der Waals surface area contributed by atoms with E-state index >= 15 is 0 Å². The number of unbranched alkanes of at least 4 members (excludes halogenated alkanes) is 2. The van der Waals surface area contributed by atoms with E-state index in [0.717, 1.165) is 6.42 Å². The normalized spacial score (nSPS) is 11.1. The van der Waals surface area contributed by atoms with Gasteiger partial charge in [-0.25, -0.2) is 5.43 Å². The number of rotatable bonds is 6. The summed E-state index contributed by atoms with van der Waals surface area (Å²) in [6, 6.07) is 3.28. The smallest absolute Gasteiger partial charge is 0.267 e. The summed E-state index contributed by atoms with van der Waals surface area (Å²) in [5.41, 5.74) is 2.99. The van der Waals surface area contributed by atoms with Crippen molar-refractivity contribution < 1.29 is 4.79 Å². The van der Waals surface area contributed by atoms with Gasteiger partial charge in [-0.1, -0.05) is 25.8 Å². The monoisotopic (exact) mass is 231 g/mol. The molecule has 0 fully saturated rings. The molecule has 0 spiro atoms. The van der Waals surface area contributed by atoms with Gasteiger partial charge >= 0.3 is 0 Å². The van der Waals surface area contributed by atoms with E-state index in [4.69, 9.17) is 0 Å². The van der Waals surface area contributed by atoms with Crippen LogP contribution in [0.15, 0.2) is 41.8 Å². The van der Waals surface area contributed by atoms with E-state index in [0.29, 0.717) is 5.56 Å². The van der Waals surface area contributed by atoms with Crippen LogP contribution in [0.25, 0.3) is 0 Å². The summed E-state index contributed by atoms with van der Waals surface area (Å²) in [6.45, 7) is 2.15. The van der Waals surface area contributed by atoms with Gasteiger partial charge in [-0.05, 0) is 24.6 Å². The first-order chi connectivity index (χ1) is 8.34. The van der Waals surface area contributed by atoms with E-state index in [1.54, 1.807) is 30.7 Å². The molecule has 0 atom stereocenters. The second-order valence-electron chi connectivity index (χ2n) is 3.53. The first-order valence-electron chi connectivity index (χ1n) is 5.73. The fourth-order valence-corrected chi connectivity index (χ4v) is 1.19. The first kappa shape index (κ1) is 13.1. The summed E-state index contributed by atoms with van der Waals surface area (Å²) in [7, 11) is 0. The summed E-state index contributed by atoms with van der Waals surface area (Å²) in [6.07, 6.45) is 12.0. The molecule has 4 nitrogen and oxygen atoms in total. The molecule has 0 saturated carbocycles. The van der Waals surface area contributed by atoms with Gasteiger partial charge in [0, 0.05) is 24.2 Å². The number of hydrogen-bond acceptors (Lipinski definition) is 3. The topological polar surface area (TPSA) is 54.4 Å². The van der Waals surface area contributed by atoms with E-state index in [1.807, 2.05) is 12.2 Å². The zero-order chi connectivity index (χ0) is 12.3. The lowest BCUT2D eigenvalue weighted by Gasteiger charge is -1.97. The predicted octanol–water partition coefficient (Wildman–Crippen LogP) is 2.54. The molecule has 0 bridgehead atoms. The van der Waals surface area contributed by atoms with Gasteiger partial charge in [0.1, 0.15) is 0 Å². The second-order valence-corrected chi connectivity index (χ2v) is 3.53. The Hall–Kier alpha value is -1.97. The zero-order valence-electron chi connectivity index (χ0n) is 9.97. The molecule has 0 aliphatic heterocycles. The van der Waals surface area contributed by atoms with Crippen molar-refractivity contribution in [2.45, 2.75) is 26.2 Å². The van der Waals surface area contributed by atoms with Crippen molar-refractivity contribution in [1.82, 2.24) is 10.4 Å². The van der Waals surface area contributed by atoms with Gasteiger partial charge in [0.05, 0.1) is 0 Å². The third-order valence-corrected chi connectivity index (χ3v) is 2.13. The molecule has 1 rings (SSSR count). The molecule has 4 heteroatoms. The summed E-state index contributed by atoms with van der Waals surface area (Å²) in [4.78, 5) is 15.3. The van der Waals surface area contributed by atoms with Gasteiger partial charge in [0.2, 0.25) is 0 Å². The summed E-state index contributed by atoms with van der Waals surface area (Å²) < 4.78 is 0. The Bertz CT molecular complexity index is 385. The van der Waals surface area contributed by atoms with Crippen LogP contribution in [0.2, 0.25) is 0 Å². The van der Waals surface area contributed by atoms with Crippen LogP contribution in [0.5, 0.6) is 0 Å². The largest absolute Gasteiger partial charge is 0.271 e. The van der Waals surface area contributed by atoms with Gasteiger partial charge in [-0.3, -0.25) is 9.78 Å². The maximum Gasteiger partial charge on any atom is 0.271 e. The van der Waals surface area contributed by atoms with Crippen LogP contribution in [-0.2, 0) is 0 Å². The number of pyridine rings is 1. The molecule has 0 unspecified atom stereocenters. The number of nitrogens with one attached hydrogen (secondary N) is 1. The Morgan fingerprint density at radius 3 is 2.94 bits per heavy atom. The second kappa shape index (κ2) is 8.21. The van der Waals surface area contributed by atoms with Crippen LogP contribution in [-0.4, -0.2) is 17.1 Å². The van der Waals surface area contributed by atoms with Crippen LogP contribution in [0, 0.1) is 0 Å². The first-order valence-corrected chi connectivity index (χ1v) is 5.73. The number of aromatic nitrogens is 1. The molecule has 0 saturated heterocycles. The minimum absolute atomic E-state index is 0.231. The minimum atomic E-state index is -0.231. The minimum Gasteiger partial charge on any atom is -0.267 e. The standard InChI is InChI=1S/C13H17N3O/c1-2-3-4-5-6-9-15-16-13(17)12-7-10-14-11-8-12/h5-11H,2-4H2,1H3,(H,16,17)/b6-5+,15-9+. The number of amides is 1. The number of hydrogen-bond donors (Lipinski definition) is 1. The highest BCUT2D eigenvalue weighted by atomic mass is 16.2. The molecule has 17 heavy (non-hydrogen) atoms. The predicted molar refractivity (Wildman–Crippen MR) is 68.9 cm³/mol. The third-order valence-electron chi connectivity index (χ3n) is 2.13. The van der Waals surface area contributed by atoms with Gasteiger partial charge < -0.3 is 0 Å². The highest BCUT2D eigenvalue weighted by Crippen LogP contribution is 1.95. The van der Waals surface area contributed by atoms with E-state index in [1.165, 1.54) is 12.8 Å². The van der Waals surface area contributed by atoms with Crippen LogP contribution in [0.3, 0.4) is 0 Å². The van der Waals surface area contributed by atoms with E-state index in [2.05, 4.69) is 22.4 Å². The van der Waals surface area contributed by atoms with Gasteiger partial charge in [0.15, 0.2) is 0 Å². The van der Waals surface area contributed by atoms with Crippen LogP contribution in [0.4, 0.5) is 0 Å². The molecule has 1 aromatic rings. The summed E-state index contributed by atoms with van der Waals surface area (Å²) >= 11 is 0.